The Kier molecular flexibility index (Phi) is 7.42. The minimum absolute atomic E-state index is 0.620. The van der Waals surface area contributed by atoms with Crippen LogP contribution in [0, 0.1) is 0 Å². The summed E-state index contributed by atoms with van der Waals surface area (Å²) in [5, 5.41) is 4.75. The highest BCUT2D eigenvalue weighted by atomic mass is 16.3. The zero-order chi connectivity index (χ0) is 37.0. The van der Waals surface area contributed by atoms with Gasteiger partial charge in [-0.1, -0.05) is 140 Å². The zero-order valence-electron chi connectivity index (χ0n) is 30.2. The fourth-order valence-corrected chi connectivity index (χ4v) is 7.83. The third kappa shape index (κ3) is 5.53. The summed E-state index contributed by atoms with van der Waals surface area (Å²) in [6, 6.07) is 67.7. The van der Waals surface area contributed by atoms with Crippen LogP contribution in [-0.2, 0) is 0 Å². The Balaban J connectivity index is 0.947. The second kappa shape index (κ2) is 13.0. The fourth-order valence-electron chi connectivity index (χ4n) is 7.83. The highest BCUT2D eigenvalue weighted by Gasteiger charge is 2.16. The van der Waals surface area contributed by atoms with E-state index >= 15 is 0 Å². The molecule has 0 aliphatic heterocycles. The normalized spacial score (nSPS) is 11.6. The van der Waals surface area contributed by atoms with Crippen LogP contribution < -0.4 is 0 Å². The van der Waals surface area contributed by atoms with Crippen molar-refractivity contribution in [2.75, 3.05) is 0 Å². The zero-order valence-corrected chi connectivity index (χ0v) is 30.2. The summed E-state index contributed by atoms with van der Waals surface area (Å²) in [6.07, 6.45) is 0. The maximum Gasteiger partial charge on any atom is 0.227 e. The van der Waals surface area contributed by atoms with Crippen molar-refractivity contribution in [2.45, 2.75) is 0 Å². The summed E-state index contributed by atoms with van der Waals surface area (Å²) in [4.78, 5) is 14.8. The maximum absolute atomic E-state index is 6.17. The highest BCUT2D eigenvalue weighted by Crippen LogP contribution is 2.37. The van der Waals surface area contributed by atoms with Crippen molar-refractivity contribution in [2.24, 2.45) is 0 Å². The van der Waals surface area contributed by atoms with Crippen molar-refractivity contribution in [3.63, 3.8) is 0 Å². The van der Waals surface area contributed by atoms with Gasteiger partial charge in [0.1, 0.15) is 5.52 Å². The van der Waals surface area contributed by atoms with Crippen LogP contribution in [-0.4, -0.2) is 19.5 Å². The van der Waals surface area contributed by atoms with Gasteiger partial charge in [0.05, 0.1) is 22.4 Å². The molecule has 0 saturated carbocycles. The first-order chi connectivity index (χ1) is 27.7. The number of benzene rings is 8. The summed E-state index contributed by atoms with van der Waals surface area (Å²) >= 11 is 0. The van der Waals surface area contributed by atoms with E-state index in [1.807, 2.05) is 60.7 Å². The minimum Gasteiger partial charge on any atom is -0.436 e. The Morgan fingerprint density at radius 2 is 0.982 bits per heavy atom. The van der Waals surface area contributed by atoms with Crippen molar-refractivity contribution in [3.8, 4) is 62.2 Å². The van der Waals surface area contributed by atoms with Crippen molar-refractivity contribution >= 4 is 43.7 Å². The fraction of sp³-hybridized carbons (Fsp3) is 0. The van der Waals surface area contributed by atoms with E-state index in [4.69, 9.17) is 19.4 Å². The van der Waals surface area contributed by atoms with E-state index in [1.54, 1.807) is 0 Å². The Morgan fingerprint density at radius 1 is 0.375 bits per heavy atom. The van der Waals surface area contributed by atoms with Gasteiger partial charge >= 0.3 is 0 Å². The largest absolute Gasteiger partial charge is 0.436 e. The van der Waals surface area contributed by atoms with Gasteiger partial charge in [-0.05, 0) is 76.5 Å². The molecule has 0 N–H and O–H groups in total. The highest BCUT2D eigenvalue weighted by molar-refractivity contribution is 6.10. The molecule has 5 nitrogen and oxygen atoms in total. The second-order valence-electron chi connectivity index (χ2n) is 14.1. The summed E-state index contributed by atoms with van der Waals surface area (Å²) in [6.45, 7) is 0. The SMILES string of the molecule is c1ccc(-c2cc(-c3ccc(-c4ccc5cc(-n6c7ccccc7c7ccc(-c8nc9ccccc9o8)cc76)ccc5c4)cc3)nc(-c3ccccc3)n2)cc1. The molecular weight excluding hydrogens is 685 g/mol. The number of hydrogen-bond donors (Lipinski definition) is 0. The van der Waals surface area contributed by atoms with Gasteiger partial charge in [0.2, 0.25) is 5.89 Å². The molecule has 0 aliphatic carbocycles. The molecule has 0 amide bonds. The molecule has 0 bridgehead atoms. The molecule has 0 spiro atoms. The van der Waals surface area contributed by atoms with Gasteiger partial charge in [-0.2, -0.15) is 0 Å². The van der Waals surface area contributed by atoms with Gasteiger partial charge in [0.25, 0.3) is 0 Å². The molecule has 0 fully saturated rings. The third-order valence-corrected chi connectivity index (χ3v) is 10.6. The topological polar surface area (TPSA) is 56.7 Å². The summed E-state index contributed by atoms with van der Waals surface area (Å²) < 4.78 is 8.52. The van der Waals surface area contributed by atoms with Gasteiger partial charge in [-0.25, -0.2) is 15.0 Å². The Hall–Kier alpha value is -7.63. The lowest BCUT2D eigenvalue weighted by molar-refractivity contribution is 0.620. The van der Waals surface area contributed by atoms with Crippen LogP contribution in [0.4, 0.5) is 0 Å². The maximum atomic E-state index is 6.17. The summed E-state index contributed by atoms with van der Waals surface area (Å²) in [5.74, 6) is 1.33. The summed E-state index contributed by atoms with van der Waals surface area (Å²) in [5.41, 5.74) is 13.1. The van der Waals surface area contributed by atoms with Gasteiger partial charge in [0, 0.05) is 38.7 Å². The molecule has 0 radical (unpaired) electrons. The van der Waals surface area contributed by atoms with Gasteiger partial charge in [-0.15, -0.1) is 0 Å². The molecule has 11 aromatic rings. The first kappa shape index (κ1) is 31.9. The molecule has 11 rings (SSSR count). The Bertz CT molecular complexity index is 3150. The number of para-hydroxylation sites is 3. The predicted octanol–water partition coefficient (Wildman–Crippen LogP) is 13.2. The average Bonchev–Trinajstić information content (AvgIpc) is 3.86. The molecule has 3 aromatic heterocycles. The van der Waals surface area contributed by atoms with Crippen molar-refractivity contribution in [3.05, 3.63) is 194 Å². The van der Waals surface area contributed by atoms with E-state index < -0.39 is 0 Å². The second-order valence-corrected chi connectivity index (χ2v) is 14.1. The van der Waals surface area contributed by atoms with Gasteiger partial charge < -0.3 is 8.98 Å². The van der Waals surface area contributed by atoms with Crippen LogP contribution in [0.3, 0.4) is 0 Å². The molecule has 56 heavy (non-hydrogen) atoms. The first-order valence-corrected chi connectivity index (χ1v) is 18.8. The van der Waals surface area contributed by atoms with Crippen LogP contribution in [0.1, 0.15) is 0 Å². The molecule has 3 heterocycles. The van der Waals surface area contributed by atoms with Gasteiger partial charge in [0.15, 0.2) is 11.4 Å². The van der Waals surface area contributed by atoms with E-state index in [-0.39, 0.29) is 0 Å². The van der Waals surface area contributed by atoms with E-state index in [9.17, 15) is 0 Å². The Labute approximate surface area is 322 Å². The number of fused-ring (bicyclic) bond motifs is 5. The molecule has 8 aromatic carbocycles. The lowest BCUT2D eigenvalue weighted by atomic mass is 9.99. The molecule has 5 heteroatoms. The molecule has 0 atom stereocenters. The van der Waals surface area contributed by atoms with E-state index in [0.717, 1.165) is 72.6 Å². The lowest BCUT2D eigenvalue weighted by Crippen LogP contribution is -1.95. The first-order valence-electron chi connectivity index (χ1n) is 18.8. The molecule has 262 valence electrons. The molecule has 0 unspecified atom stereocenters. The van der Waals surface area contributed by atoms with Crippen molar-refractivity contribution in [1.29, 1.82) is 0 Å². The van der Waals surface area contributed by atoms with Crippen LogP contribution in [0.25, 0.3) is 106 Å². The quantitative estimate of drug-likeness (QED) is 0.172. The van der Waals surface area contributed by atoms with Crippen molar-refractivity contribution in [1.82, 2.24) is 19.5 Å². The molecule has 0 saturated heterocycles. The molecular formula is C51H32N4O. The van der Waals surface area contributed by atoms with Crippen LogP contribution in [0.15, 0.2) is 199 Å². The van der Waals surface area contributed by atoms with Crippen LogP contribution in [0.2, 0.25) is 0 Å². The Morgan fingerprint density at radius 3 is 1.79 bits per heavy atom. The van der Waals surface area contributed by atoms with E-state index in [2.05, 4.69) is 138 Å². The number of nitrogens with zero attached hydrogens (tertiary/aromatic N) is 4. The monoisotopic (exact) mass is 716 g/mol. The number of rotatable bonds is 6. The predicted molar refractivity (Wildman–Crippen MR) is 229 cm³/mol. The third-order valence-electron chi connectivity index (χ3n) is 10.6. The average molecular weight is 717 g/mol. The standard InChI is InChI=1S/C51H32N4O/c1-3-11-34(12-4-1)45-32-46(53-50(52-45)36-13-5-2-6-14-36)35-21-19-33(20-22-35)37-23-24-39-30-41(27-25-38(39)29-37)55-47-17-9-7-15-42(47)43-28-26-40(31-48(43)55)51-54-44-16-8-10-18-49(44)56-51/h1-32H. The number of hydrogen-bond acceptors (Lipinski definition) is 4. The minimum atomic E-state index is 0.620. The molecule has 0 aliphatic rings. The van der Waals surface area contributed by atoms with Crippen LogP contribution >= 0.6 is 0 Å². The smallest absolute Gasteiger partial charge is 0.227 e. The van der Waals surface area contributed by atoms with Gasteiger partial charge in [-0.3, -0.25) is 0 Å². The van der Waals surface area contributed by atoms with Crippen LogP contribution in [0.5, 0.6) is 0 Å². The van der Waals surface area contributed by atoms with Crippen molar-refractivity contribution < 1.29 is 4.42 Å². The number of oxazole rings is 1. The lowest BCUT2D eigenvalue weighted by Gasteiger charge is -2.11. The number of aromatic nitrogens is 4. The van der Waals surface area contributed by atoms with E-state index in [1.165, 1.54) is 21.5 Å². The van der Waals surface area contributed by atoms with E-state index in [0.29, 0.717) is 11.7 Å². The summed E-state index contributed by atoms with van der Waals surface area (Å²) in [7, 11) is 0.